The van der Waals surface area contributed by atoms with Crippen molar-refractivity contribution >= 4 is 40.6 Å². The molecule has 8 nitrogen and oxygen atoms in total. The standard InChI is InChI=1S/C27H33ClN6O2/c1-17(2)36-24-15-20(26(35)34-12-10-33(5)11-13-34)19(4)14-23(24)31-27-29-16-21(28)25(32-27)30-22-9-7-6-8-18(22)3/h6-9,14-17H,10-13H2,1-5H3,(H2,29,30,31,32). The Morgan fingerprint density at radius 1 is 1.03 bits per heavy atom. The Labute approximate surface area is 217 Å². The lowest BCUT2D eigenvalue weighted by molar-refractivity contribution is 0.0662. The summed E-state index contributed by atoms with van der Waals surface area (Å²) < 4.78 is 6.09. The minimum Gasteiger partial charge on any atom is -0.489 e. The summed E-state index contributed by atoms with van der Waals surface area (Å²) in [6, 6.07) is 11.6. The average molecular weight is 509 g/mol. The lowest BCUT2D eigenvalue weighted by atomic mass is 10.0. The van der Waals surface area contributed by atoms with E-state index in [1.807, 2.05) is 69.0 Å². The number of carbonyl (C=O) groups excluding carboxylic acids is 1. The fraction of sp³-hybridized carbons (Fsp3) is 0.370. The molecule has 0 saturated carbocycles. The topological polar surface area (TPSA) is 82.6 Å². The number of carbonyl (C=O) groups is 1. The van der Waals surface area contributed by atoms with Gasteiger partial charge in [0, 0.05) is 37.4 Å². The number of para-hydroxylation sites is 1. The normalized spacial score (nSPS) is 14.1. The molecule has 0 radical (unpaired) electrons. The monoisotopic (exact) mass is 508 g/mol. The zero-order chi connectivity index (χ0) is 25.8. The number of aryl methyl sites for hydroxylation is 2. The molecule has 2 heterocycles. The van der Waals surface area contributed by atoms with Crippen LogP contribution >= 0.6 is 11.6 Å². The van der Waals surface area contributed by atoms with Crippen molar-refractivity contribution in [1.82, 2.24) is 19.8 Å². The van der Waals surface area contributed by atoms with Crippen LogP contribution in [0, 0.1) is 13.8 Å². The number of aromatic nitrogens is 2. The summed E-state index contributed by atoms with van der Waals surface area (Å²) in [6.45, 7) is 11.0. The van der Waals surface area contributed by atoms with E-state index in [9.17, 15) is 4.79 Å². The number of rotatable bonds is 7. The predicted molar refractivity (Wildman–Crippen MR) is 145 cm³/mol. The van der Waals surface area contributed by atoms with Crippen LogP contribution in [-0.4, -0.2) is 65.0 Å². The number of nitrogens with one attached hydrogen (secondary N) is 2. The number of hydrogen-bond acceptors (Lipinski definition) is 7. The lowest BCUT2D eigenvalue weighted by Crippen LogP contribution is -2.47. The van der Waals surface area contributed by atoms with Gasteiger partial charge in [0.05, 0.1) is 18.0 Å². The van der Waals surface area contributed by atoms with Crippen LogP contribution in [0.5, 0.6) is 5.75 Å². The largest absolute Gasteiger partial charge is 0.489 e. The number of halogens is 1. The van der Waals surface area contributed by atoms with E-state index in [-0.39, 0.29) is 12.0 Å². The second kappa shape index (κ2) is 11.1. The lowest BCUT2D eigenvalue weighted by Gasteiger charge is -2.33. The first-order valence-electron chi connectivity index (χ1n) is 12.1. The first kappa shape index (κ1) is 25.7. The zero-order valence-corrected chi connectivity index (χ0v) is 22.2. The molecule has 0 aliphatic carbocycles. The molecule has 2 N–H and O–H groups in total. The van der Waals surface area contributed by atoms with E-state index in [0.29, 0.717) is 46.9 Å². The van der Waals surface area contributed by atoms with Crippen molar-refractivity contribution in [2.24, 2.45) is 0 Å². The van der Waals surface area contributed by atoms with E-state index in [2.05, 4.69) is 32.5 Å². The molecule has 1 fully saturated rings. The number of piperazine rings is 1. The molecule has 36 heavy (non-hydrogen) atoms. The van der Waals surface area contributed by atoms with Crippen molar-refractivity contribution < 1.29 is 9.53 Å². The molecule has 3 aromatic rings. The van der Waals surface area contributed by atoms with E-state index < -0.39 is 0 Å². The summed E-state index contributed by atoms with van der Waals surface area (Å²) in [4.78, 5) is 26.4. The van der Waals surface area contributed by atoms with Crippen LogP contribution < -0.4 is 15.4 Å². The van der Waals surface area contributed by atoms with Crippen LogP contribution in [0.15, 0.2) is 42.6 Å². The van der Waals surface area contributed by atoms with Crippen LogP contribution in [0.1, 0.15) is 35.3 Å². The maximum atomic E-state index is 13.3. The Kier molecular flexibility index (Phi) is 7.96. The summed E-state index contributed by atoms with van der Waals surface area (Å²) in [5.74, 6) is 1.45. The van der Waals surface area contributed by atoms with Crippen LogP contribution in [0.4, 0.5) is 23.1 Å². The summed E-state index contributed by atoms with van der Waals surface area (Å²) in [6.07, 6.45) is 1.47. The van der Waals surface area contributed by atoms with E-state index >= 15 is 0 Å². The highest BCUT2D eigenvalue weighted by molar-refractivity contribution is 6.32. The molecule has 0 spiro atoms. The van der Waals surface area contributed by atoms with Crippen molar-refractivity contribution in [3.05, 3.63) is 64.3 Å². The van der Waals surface area contributed by atoms with Crippen molar-refractivity contribution in [3.8, 4) is 5.75 Å². The molecule has 4 rings (SSSR count). The van der Waals surface area contributed by atoms with Gasteiger partial charge in [0.25, 0.3) is 5.91 Å². The van der Waals surface area contributed by atoms with Gasteiger partial charge in [0.15, 0.2) is 5.82 Å². The summed E-state index contributed by atoms with van der Waals surface area (Å²) >= 11 is 6.38. The minimum absolute atomic E-state index is 0.0215. The highest BCUT2D eigenvalue weighted by atomic mass is 35.5. The molecule has 1 aliphatic rings. The maximum Gasteiger partial charge on any atom is 0.254 e. The first-order valence-corrected chi connectivity index (χ1v) is 12.5. The number of benzene rings is 2. The molecule has 1 aromatic heterocycles. The Bertz CT molecular complexity index is 1240. The second-order valence-electron chi connectivity index (χ2n) is 9.38. The Morgan fingerprint density at radius 2 is 1.75 bits per heavy atom. The Balaban J connectivity index is 1.62. The fourth-order valence-electron chi connectivity index (χ4n) is 4.02. The van der Waals surface area contributed by atoms with Crippen molar-refractivity contribution in [3.63, 3.8) is 0 Å². The number of anilines is 4. The molecule has 0 atom stereocenters. The van der Waals surface area contributed by atoms with E-state index in [0.717, 1.165) is 29.9 Å². The molecule has 0 unspecified atom stereocenters. The molecule has 0 bridgehead atoms. The molecule has 190 valence electrons. The van der Waals surface area contributed by atoms with E-state index in [4.69, 9.17) is 16.3 Å². The smallest absolute Gasteiger partial charge is 0.254 e. The number of amides is 1. The maximum absolute atomic E-state index is 13.3. The third kappa shape index (κ3) is 6.06. The molecule has 2 aromatic carbocycles. The van der Waals surface area contributed by atoms with Crippen LogP contribution in [0.25, 0.3) is 0 Å². The third-order valence-corrected chi connectivity index (χ3v) is 6.38. The van der Waals surface area contributed by atoms with Crippen LogP contribution in [0.2, 0.25) is 5.02 Å². The van der Waals surface area contributed by atoms with Crippen molar-refractivity contribution in [2.45, 2.75) is 33.8 Å². The average Bonchev–Trinajstić information content (AvgIpc) is 2.84. The molecule has 1 amide bonds. The molecule has 1 saturated heterocycles. The second-order valence-corrected chi connectivity index (χ2v) is 9.79. The predicted octanol–water partition coefficient (Wildman–Crippen LogP) is 5.41. The SMILES string of the molecule is Cc1ccccc1Nc1nc(Nc2cc(C)c(C(=O)N3CCN(C)CC3)cc2OC(C)C)ncc1Cl. The van der Waals surface area contributed by atoms with Crippen molar-refractivity contribution in [1.29, 1.82) is 0 Å². The zero-order valence-electron chi connectivity index (χ0n) is 21.4. The first-order chi connectivity index (χ1) is 17.2. The number of hydrogen-bond donors (Lipinski definition) is 2. The van der Waals surface area contributed by atoms with Gasteiger partial charge in [-0.25, -0.2) is 4.98 Å². The van der Waals surface area contributed by atoms with E-state index in [1.54, 1.807) is 6.20 Å². The van der Waals surface area contributed by atoms with Gasteiger partial charge in [0.2, 0.25) is 5.95 Å². The summed E-state index contributed by atoms with van der Waals surface area (Å²) in [5, 5.41) is 6.95. The van der Waals surface area contributed by atoms with E-state index in [1.165, 1.54) is 0 Å². The molecular formula is C27H33ClN6O2. The van der Waals surface area contributed by atoms with Gasteiger partial charge in [-0.3, -0.25) is 4.79 Å². The summed E-state index contributed by atoms with van der Waals surface area (Å²) in [7, 11) is 2.07. The number of nitrogens with zero attached hydrogens (tertiary/aromatic N) is 4. The molecule has 9 heteroatoms. The number of ether oxygens (including phenoxy) is 1. The van der Waals surface area contributed by atoms with Crippen LogP contribution in [-0.2, 0) is 0 Å². The quantitative estimate of drug-likeness (QED) is 0.441. The van der Waals surface area contributed by atoms with Gasteiger partial charge < -0.3 is 25.2 Å². The highest BCUT2D eigenvalue weighted by Crippen LogP contribution is 2.33. The van der Waals surface area contributed by atoms with Gasteiger partial charge in [-0.2, -0.15) is 4.98 Å². The van der Waals surface area contributed by atoms with Gasteiger partial charge in [0.1, 0.15) is 10.8 Å². The minimum atomic E-state index is -0.0794. The van der Waals surface area contributed by atoms with Gasteiger partial charge in [-0.05, 0) is 64.1 Å². The Morgan fingerprint density at radius 3 is 2.44 bits per heavy atom. The highest BCUT2D eigenvalue weighted by Gasteiger charge is 2.24. The Hall–Kier alpha value is -3.36. The fourth-order valence-corrected chi connectivity index (χ4v) is 4.16. The van der Waals surface area contributed by atoms with Gasteiger partial charge >= 0.3 is 0 Å². The summed E-state index contributed by atoms with van der Waals surface area (Å²) in [5.41, 5.74) is 4.16. The van der Waals surface area contributed by atoms with Gasteiger partial charge in [-0.15, -0.1) is 0 Å². The van der Waals surface area contributed by atoms with Gasteiger partial charge in [-0.1, -0.05) is 29.8 Å². The number of likely N-dealkylation sites (N-methyl/N-ethyl adjacent to an activating group) is 1. The molecular weight excluding hydrogens is 476 g/mol. The van der Waals surface area contributed by atoms with Crippen molar-refractivity contribution in [2.75, 3.05) is 43.9 Å². The molecule has 1 aliphatic heterocycles. The van der Waals surface area contributed by atoms with Crippen LogP contribution in [0.3, 0.4) is 0 Å². The third-order valence-electron chi connectivity index (χ3n) is 6.10.